The van der Waals surface area contributed by atoms with Gasteiger partial charge in [-0.1, -0.05) is 6.92 Å². The average molecular weight is 153 g/mol. The third kappa shape index (κ3) is 1.15. The van der Waals surface area contributed by atoms with Gasteiger partial charge in [0, 0.05) is 19.5 Å². The summed E-state index contributed by atoms with van der Waals surface area (Å²) >= 11 is 0. The van der Waals surface area contributed by atoms with E-state index >= 15 is 0 Å². The molecule has 0 N–H and O–H groups in total. The molecule has 2 aliphatic rings. The fourth-order valence-corrected chi connectivity index (χ4v) is 1.96. The summed E-state index contributed by atoms with van der Waals surface area (Å²) < 4.78 is 0. The number of carbonyl (C=O) groups is 1. The first-order valence-electron chi connectivity index (χ1n) is 4.54. The summed E-state index contributed by atoms with van der Waals surface area (Å²) in [5, 5.41) is 0. The van der Waals surface area contributed by atoms with E-state index in [0.717, 1.165) is 13.1 Å². The molecule has 1 amide bonds. The maximum atomic E-state index is 11.3. The highest BCUT2D eigenvalue weighted by Crippen LogP contribution is 2.52. The van der Waals surface area contributed by atoms with E-state index in [9.17, 15) is 4.79 Å². The molecule has 0 aromatic carbocycles. The number of hydrogen-bond acceptors (Lipinski definition) is 1. The molecular weight excluding hydrogens is 138 g/mol. The molecule has 0 aromatic rings. The van der Waals surface area contributed by atoms with E-state index in [-0.39, 0.29) is 0 Å². The van der Waals surface area contributed by atoms with Gasteiger partial charge in [0.2, 0.25) is 5.91 Å². The van der Waals surface area contributed by atoms with Gasteiger partial charge in [-0.15, -0.1) is 0 Å². The Hall–Kier alpha value is -0.530. The van der Waals surface area contributed by atoms with E-state index in [2.05, 4.69) is 0 Å². The van der Waals surface area contributed by atoms with Crippen LogP contribution in [0.5, 0.6) is 0 Å². The second kappa shape index (κ2) is 2.23. The minimum absolute atomic E-state index is 0.341. The summed E-state index contributed by atoms with van der Waals surface area (Å²) in [6.45, 7) is 4.02. The maximum Gasteiger partial charge on any atom is 0.222 e. The predicted octanol–water partition coefficient (Wildman–Crippen LogP) is 1.41. The molecule has 1 spiro atoms. The lowest BCUT2D eigenvalue weighted by Gasteiger charge is -2.14. The Morgan fingerprint density at radius 3 is 2.64 bits per heavy atom. The molecule has 11 heavy (non-hydrogen) atoms. The first kappa shape index (κ1) is 7.14. The summed E-state index contributed by atoms with van der Waals surface area (Å²) in [6, 6.07) is 0. The Balaban J connectivity index is 1.94. The molecule has 0 aromatic heterocycles. The van der Waals surface area contributed by atoms with Crippen molar-refractivity contribution in [3.05, 3.63) is 0 Å². The van der Waals surface area contributed by atoms with Crippen molar-refractivity contribution in [3.63, 3.8) is 0 Å². The number of hydrogen-bond donors (Lipinski definition) is 0. The molecule has 1 saturated heterocycles. The molecule has 2 heteroatoms. The Bertz CT molecular complexity index is 184. The SMILES string of the molecule is CCC(=O)N1CCC2(CC2)C1. The van der Waals surface area contributed by atoms with Crippen molar-refractivity contribution in [3.8, 4) is 0 Å². The quantitative estimate of drug-likeness (QED) is 0.557. The predicted molar refractivity (Wildman–Crippen MR) is 43.2 cm³/mol. The lowest BCUT2D eigenvalue weighted by molar-refractivity contribution is -0.129. The van der Waals surface area contributed by atoms with E-state index in [1.165, 1.54) is 19.3 Å². The van der Waals surface area contributed by atoms with Crippen LogP contribution in [0.2, 0.25) is 0 Å². The Kier molecular flexibility index (Phi) is 1.44. The monoisotopic (exact) mass is 153 g/mol. The number of amides is 1. The van der Waals surface area contributed by atoms with Crippen LogP contribution in [0.3, 0.4) is 0 Å². The standard InChI is InChI=1S/C9H15NO/c1-2-8(11)10-6-5-9(7-10)3-4-9/h2-7H2,1H3. The number of carbonyl (C=O) groups excluding carboxylic acids is 1. The van der Waals surface area contributed by atoms with Crippen molar-refractivity contribution in [2.75, 3.05) is 13.1 Å². The van der Waals surface area contributed by atoms with Gasteiger partial charge in [-0.2, -0.15) is 0 Å². The number of likely N-dealkylation sites (tertiary alicyclic amines) is 1. The third-order valence-electron chi connectivity index (χ3n) is 3.05. The molecule has 1 aliphatic carbocycles. The van der Waals surface area contributed by atoms with Crippen molar-refractivity contribution in [2.24, 2.45) is 5.41 Å². The first-order valence-corrected chi connectivity index (χ1v) is 4.54. The van der Waals surface area contributed by atoms with E-state index in [4.69, 9.17) is 0 Å². The van der Waals surface area contributed by atoms with Crippen LogP contribution in [0.25, 0.3) is 0 Å². The van der Waals surface area contributed by atoms with Crippen LogP contribution in [0.4, 0.5) is 0 Å². The molecule has 62 valence electrons. The van der Waals surface area contributed by atoms with Crippen LogP contribution >= 0.6 is 0 Å². The summed E-state index contributed by atoms with van der Waals surface area (Å²) in [4.78, 5) is 13.3. The lowest BCUT2D eigenvalue weighted by atomic mass is 10.1. The Labute approximate surface area is 67.6 Å². The van der Waals surface area contributed by atoms with E-state index in [1.807, 2.05) is 11.8 Å². The summed E-state index contributed by atoms with van der Waals surface area (Å²) in [5.74, 6) is 0.341. The zero-order chi connectivity index (χ0) is 7.90. The van der Waals surface area contributed by atoms with E-state index in [1.54, 1.807) is 0 Å². The Morgan fingerprint density at radius 1 is 1.45 bits per heavy atom. The molecule has 1 saturated carbocycles. The van der Waals surface area contributed by atoms with Gasteiger partial charge in [0.05, 0.1) is 0 Å². The van der Waals surface area contributed by atoms with Crippen LogP contribution in [0.15, 0.2) is 0 Å². The van der Waals surface area contributed by atoms with Crippen molar-refractivity contribution in [1.82, 2.24) is 4.90 Å². The summed E-state index contributed by atoms with van der Waals surface area (Å²) in [7, 11) is 0. The zero-order valence-corrected chi connectivity index (χ0v) is 7.10. The van der Waals surface area contributed by atoms with Crippen LogP contribution in [-0.4, -0.2) is 23.9 Å². The van der Waals surface area contributed by atoms with Crippen LogP contribution in [0, 0.1) is 5.41 Å². The van der Waals surface area contributed by atoms with Gasteiger partial charge in [-0.25, -0.2) is 0 Å². The lowest BCUT2D eigenvalue weighted by Crippen LogP contribution is -2.27. The molecule has 1 aliphatic heterocycles. The van der Waals surface area contributed by atoms with Gasteiger partial charge in [-0.05, 0) is 24.7 Å². The normalized spacial score (nSPS) is 26.1. The summed E-state index contributed by atoms with van der Waals surface area (Å²) in [5.41, 5.74) is 0.602. The van der Waals surface area contributed by atoms with Gasteiger partial charge in [0.1, 0.15) is 0 Å². The second-order valence-electron chi connectivity index (χ2n) is 3.92. The van der Waals surface area contributed by atoms with Gasteiger partial charge < -0.3 is 4.90 Å². The van der Waals surface area contributed by atoms with Gasteiger partial charge in [-0.3, -0.25) is 4.79 Å². The molecule has 2 fully saturated rings. The highest BCUT2D eigenvalue weighted by molar-refractivity contribution is 5.76. The van der Waals surface area contributed by atoms with Crippen molar-refractivity contribution < 1.29 is 4.79 Å². The van der Waals surface area contributed by atoms with Crippen molar-refractivity contribution in [2.45, 2.75) is 32.6 Å². The third-order valence-corrected chi connectivity index (χ3v) is 3.05. The van der Waals surface area contributed by atoms with Gasteiger partial charge in [0.25, 0.3) is 0 Å². The van der Waals surface area contributed by atoms with Crippen molar-refractivity contribution in [1.29, 1.82) is 0 Å². The largest absolute Gasteiger partial charge is 0.342 e. The van der Waals surface area contributed by atoms with Crippen LogP contribution in [0.1, 0.15) is 32.6 Å². The zero-order valence-electron chi connectivity index (χ0n) is 7.10. The van der Waals surface area contributed by atoms with Gasteiger partial charge in [0.15, 0.2) is 0 Å². The molecule has 2 rings (SSSR count). The fraction of sp³-hybridized carbons (Fsp3) is 0.889. The van der Waals surface area contributed by atoms with E-state index < -0.39 is 0 Å². The molecular formula is C9H15NO. The van der Waals surface area contributed by atoms with Crippen LogP contribution < -0.4 is 0 Å². The molecule has 1 heterocycles. The molecule has 0 radical (unpaired) electrons. The minimum atomic E-state index is 0.341. The molecule has 0 unspecified atom stereocenters. The van der Waals surface area contributed by atoms with Gasteiger partial charge >= 0.3 is 0 Å². The first-order chi connectivity index (χ1) is 5.26. The molecule has 0 atom stereocenters. The second-order valence-corrected chi connectivity index (χ2v) is 3.92. The highest BCUT2D eigenvalue weighted by atomic mass is 16.2. The molecule has 0 bridgehead atoms. The maximum absolute atomic E-state index is 11.3. The topological polar surface area (TPSA) is 20.3 Å². The van der Waals surface area contributed by atoms with Crippen molar-refractivity contribution >= 4 is 5.91 Å². The smallest absolute Gasteiger partial charge is 0.222 e. The fourth-order valence-electron chi connectivity index (χ4n) is 1.96. The van der Waals surface area contributed by atoms with Crippen LogP contribution in [-0.2, 0) is 4.79 Å². The Morgan fingerprint density at radius 2 is 2.18 bits per heavy atom. The number of nitrogens with zero attached hydrogens (tertiary/aromatic N) is 1. The molecule has 2 nitrogen and oxygen atoms in total. The average Bonchev–Trinajstić information content (AvgIpc) is 2.61. The highest BCUT2D eigenvalue weighted by Gasteiger charge is 2.48. The van der Waals surface area contributed by atoms with E-state index in [0.29, 0.717) is 17.7 Å². The number of rotatable bonds is 1. The summed E-state index contributed by atoms with van der Waals surface area (Å²) in [6.07, 6.45) is 4.66. The minimum Gasteiger partial charge on any atom is -0.342 e.